The lowest BCUT2D eigenvalue weighted by Crippen LogP contribution is -2.51. The Morgan fingerprint density at radius 1 is 1.43 bits per heavy atom. The Morgan fingerprint density at radius 3 is 2.77 bits per heavy atom. The molecule has 6 nitrogen and oxygen atoms in total. The fourth-order valence-electron chi connectivity index (χ4n) is 3.04. The van der Waals surface area contributed by atoms with Gasteiger partial charge in [-0.3, -0.25) is 9.69 Å². The van der Waals surface area contributed by atoms with Gasteiger partial charge in [0.25, 0.3) is 0 Å². The van der Waals surface area contributed by atoms with Crippen LogP contribution >= 0.6 is 0 Å². The molecule has 2 aliphatic rings. The zero-order valence-electron chi connectivity index (χ0n) is 32.7. The van der Waals surface area contributed by atoms with Gasteiger partial charge in [0, 0.05) is 46.4 Å². The van der Waals surface area contributed by atoms with E-state index in [1.54, 1.807) is 0 Å². The molecule has 1 saturated heterocycles. The molecule has 1 aromatic carbocycles. The maximum absolute atomic E-state index is 13.3. The number of piperidine rings is 1. The second-order valence-corrected chi connectivity index (χ2v) is 7.30. The van der Waals surface area contributed by atoms with Crippen molar-refractivity contribution < 1.29 is 39.6 Å². The summed E-state index contributed by atoms with van der Waals surface area (Å²) in [5.41, 5.74) is 5.03. The third-order valence-electron chi connectivity index (χ3n) is 4.72. The Balaban J connectivity index is 2.61. The molecule has 168 valence electrons. The minimum absolute atomic E-state index is 0.176. The van der Waals surface area contributed by atoms with Crippen LogP contribution in [0.15, 0.2) is 12.1 Å². The first-order valence-electron chi connectivity index (χ1n) is 17.1. The molecule has 0 bridgehead atoms. The zero-order valence-corrected chi connectivity index (χ0v) is 17.7. The minimum Gasteiger partial charge on any atom is -0.493 e. The highest BCUT2D eigenvalue weighted by atomic mass is 16.5. The Labute approximate surface area is 202 Å². The number of fused-ring (bicyclic) bond motifs is 3. The van der Waals surface area contributed by atoms with Crippen LogP contribution in [-0.4, -0.2) is 50.3 Å². The van der Waals surface area contributed by atoms with Gasteiger partial charge >= 0.3 is 5.97 Å². The molecule has 1 aromatic rings. The van der Waals surface area contributed by atoms with Crippen LogP contribution in [-0.2, 0) is 16.0 Å². The summed E-state index contributed by atoms with van der Waals surface area (Å²) in [7, 11) is 2.28. The van der Waals surface area contributed by atoms with Crippen molar-refractivity contribution in [3.05, 3.63) is 23.2 Å². The molecule has 0 radical (unpaired) electrons. The van der Waals surface area contributed by atoms with E-state index in [0.717, 1.165) is 7.11 Å². The van der Waals surface area contributed by atoms with E-state index >= 15 is 0 Å². The van der Waals surface area contributed by atoms with Crippen LogP contribution in [0.5, 0.6) is 11.5 Å². The maximum Gasteiger partial charge on any atom is 0.323 e. The van der Waals surface area contributed by atoms with Crippen molar-refractivity contribution in [3.8, 4) is 11.5 Å². The Hall–Kier alpha value is -1.79. The van der Waals surface area contributed by atoms with Gasteiger partial charge in [-0.1, -0.05) is 27.6 Å². The van der Waals surface area contributed by atoms with Crippen molar-refractivity contribution in [3.63, 3.8) is 0 Å². The van der Waals surface area contributed by atoms with Gasteiger partial charge in [0.05, 0.1) is 19.7 Å². The van der Waals surface area contributed by atoms with E-state index < -0.39 is 97.9 Å². The fourth-order valence-corrected chi connectivity index (χ4v) is 3.04. The molecular weight excluding hydrogens is 380 g/mol. The van der Waals surface area contributed by atoms with Crippen molar-refractivity contribution in [2.24, 2.45) is 23.4 Å². The van der Waals surface area contributed by atoms with Crippen LogP contribution in [0.25, 0.3) is 0 Å². The lowest BCUT2D eigenvalue weighted by atomic mass is 9.79. The summed E-state index contributed by atoms with van der Waals surface area (Å²) < 4.78 is 149. The van der Waals surface area contributed by atoms with E-state index in [1.165, 1.54) is 21.0 Å². The van der Waals surface area contributed by atoms with E-state index in [-0.39, 0.29) is 17.7 Å². The third-order valence-corrected chi connectivity index (χ3v) is 4.72. The molecule has 2 N–H and O–H groups in total. The van der Waals surface area contributed by atoms with Gasteiger partial charge < -0.3 is 19.9 Å². The monoisotopic (exact) mass is 433 g/mol. The van der Waals surface area contributed by atoms with Crippen molar-refractivity contribution in [1.29, 1.82) is 0 Å². The Bertz CT molecular complexity index is 1370. The summed E-state index contributed by atoms with van der Waals surface area (Å²) in [6, 6.07) is -6.14. The van der Waals surface area contributed by atoms with Crippen molar-refractivity contribution >= 4 is 5.97 Å². The fraction of sp³-hybridized carbons (Fsp3) is 0.708. The largest absolute Gasteiger partial charge is 0.493 e. The lowest BCUT2D eigenvalue weighted by Gasteiger charge is -2.47. The second kappa shape index (κ2) is 9.56. The number of hydrogen-bond donors (Lipinski definition) is 1. The number of rotatable bonds is 7. The summed E-state index contributed by atoms with van der Waals surface area (Å²) in [5.74, 6) is -10.6. The molecule has 30 heavy (non-hydrogen) atoms. The van der Waals surface area contributed by atoms with E-state index in [2.05, 4.69) is 0 Å². The molecule has 4 unspecified atom stereocenters. The highest BCUT2D eigenvalue weighted by molar-refractivity contribution is 5.76. The van der Waals surface area contributed by atoms with Crippen LogP contribution in [0, 0.1) is 17.7 Å². The number of carbonyl (C=O) groups is 1. The van der Waals surface area contributed by atoms with Crippen LogP contribution in [0.3, 0.4) is 0 Å². The Kier molecular flexibility index (Phi) is 3.26. The molecular formula is C24H38N2O4. The molecule has 0 aliphatic carbocycles. The molecule has 2 heterocycles. The van der Waals surface area contributed by atoms with Crippen molar-refractivity contribution in [2.45, 2.75) is 64.9 Å². The molecule has 5 atom stereocenters. The lowest BCUT2D eigenvalue weighted by molar-refractivity contribution is -0.160. The number of carbonyl (C=O) groups excluding carboxylic acids is 1. The number of nitrogens with zero attached hydrogens (tertiary/aromatic N) is 1. The van der Waals surface area contributed by atoms with Gasteiger partial charge in [0.1, 0.15) is 12.1 Å². The summed E-state index contributed by atoms with van der Waals surface area (Å²) in [5, 5.41) is 0. The number of esters is 1. The summed E-state index contributed by atoms with van der Waals surface area (Å²) >= 11 is 0. The van der Waals surface area contributed by atoms with Crippen molar-refractivity contribution in [1.82, 2.24) is 4.90 Å². The smallest absolute Gasteiger partial charge is 0.323 e. The second-order valence-electron chi connectivity index (χ2n) is 7.30. The Morgan fingerprint density at radius 2 is 2.13 bits per heavy atom. The van der Waals surface area contributed by atoms with Gasteiger partial charge in [-0.15, -0.1) is 0 Å². The van der Waals surface area contributed by atoms with E-state index in [9.17, 15) is 14.4 Å². The number of benzene rings is 1. The molecule has 0 amide bonds. The predicted molar refractivity (Wildman–Crippen MR) is 118 cm³/mol. The van der Waals surface area contributed by atoms with E-state index in [1.807, 2.05) is 0 Å². The number of ether oxygens (including phenoxy) is 3. The van der Waals surface area contributed by atoms with Gasteiger partial charge in [-0.2, -0.15) is 0 Å². The quantitative estimate of drug-likeness (QED) is 0.663. The van der Waals surface area contributed by atoms with E-state index in [0.29, 0.717) is 11.8 Å². The third kappa shape index (κ3) is 4.75. The summed E-state index contributed by atoms with van der Waals surface area (Å²) in [6.45, 7) is -4.64. The minimum atomic E-state index is -4.17. The molecule has 3 rings (SSSR count). The van der Waals surface area contributed by atoms with Crippen LogP contribution in [0.2, 0.25) is 0 Å². The topological polar surface area (TPSA) is 74.0 Å². The first-order chi connectivity index (χ1) is 20.1. The normalized spacial score (nSPS) is 45.8. The summed E-state index contributed by atoms with van der Waals surface area (Å²) in [4.78, 5) is 13.7. The standard InChI is InChI=1S/C24H38N2O4/c1-14(2)9-17-13-26-8-7-16-10-21(28-5)22(29-6)11-18(16)19(26)12-20(17)30-24(27)23(25)15(3)4/h10-11,14-15,17,19-20,23H,7-9,12-13,25H2,1-6H3/t17?,19?,20?,23-/m0/s1/i1D3,9D2,10D,11D,12D2,13D2,14D,17D,19D,20D/t14?,17?,19?,20?,23-. The van der Waals surface area contributed by atoms with E-state index in [4.69, 9.17) is 30.9 Å². The molecule has 0 saturated carbocycles. The first kappa shape index (κ1) is 10.2. The van der Waals surface area contributed by atoms with Gasteiger partial charge in [-0.25, -0.2) is 0 Å². The van der Waals surface area contributed by atoms with Crippen LogP contribution in [0.4, 0.5) is 0 Å². The van der Waals surface area contributed by atoms with Gasteiger partial charge in [0.15, 0.2) is 11.5 Å². The number of hydrogen-bond acceptors (Lipinski definition) is 6. The molecule has 0 aromatic heterocycles. The summed E-state index contributed by atoms with van der Waals surface area (Å²) in [6.07, 6.45) is -12.5. The average Bonchev–Trinajstić information content (AvgIpc) is 2.91. The van der Waals surface area contributed by atoms with Crippen LogP contribution < -0.4 is 15.2 Å². The molecule has 2 aliphatic heterocycles. The maximum atomic E-state index is 13.3. The molecule has 1 fully saturated rings. The number of nitrogens with two attached hydrogens (primary N) is 1. The average molecular weight is 434 g/mol. The highest BCUT2D eigenvalue weighted by Gasteiger charge is 2.41. The number of methoxy groups -OCH3 is 2. The zero-order chi connectivity index (χ0) is 35.3. The van der Waals surface area contributed by atoms with Crippen molar-refractivity contribution in [2.75, 3.05) is 27.3 Å². The first-order valence-corrected chi connectivity index (χ1v) is 9.56. The SMILES string of the molecule is [2H]c1c2c(c([2H])c(OC)c1OC)C1([2H])N(CC2)C([2H])([2H])C([2H])(C([2H])([2H])C([2H])(C)C([2H])([2H])[2H])C([2H])(OC(=O)[C@@H](N)C(C)C)C1([2H])[2H]. The highest BCUT2D eigenvalue weighted by Crippen LogP contribution is 2.44. The van der Waals surface area contributed by atoms with Gasteiger partial charge in [0.2, 0.25) is 0 Å². The predicted octanol–water partition coefficient (Wildman–Crippen LogP) is 3.56. The molecule has 0 spiro atoms. The molecule has 6 heteroatoms. The van der Waals surface area contributed by atoms with Gasteiger partial charge in [-0.05, 0) is 47.8 Å². The van der Waals surface area contributed by atoms with Crippen LogP contribution in [0.1, 0.15) is 78.1 Å².